The molecule has 0 radical (unpaired) electrons. The van der Waals surface area contributed by atoms with E-state index in [9.17, 15) is 0 Å². The Hall–Kier alpha value is -2.54. The molecule has 1 aromatic heterocycles. The summed E-state index contributed by atoms with van der Waals surface area (Å²) in [5.41, 5.74) is 1.80. The average Bonchev–Trinajstić information content (AvgIpc) is 2.53. The summed E-state index contributed by atoms with van der Waals surface area (Å²) in [4.78, 5) is 4.23. The number of hydrogen-bond acceptors (Lipinski definition) is 4. The highest BCUT2D eigenvalue weighted by molar-refractivity contribution is 5.51. The average molecular weight is 265 g/mol. The van der Waals surface area contributed by atoms with Gasteiger partial charge in [-0.3, -0.25) is 0 Å². The fraction of sp³-hybridized carbons (Fsp3) is 0.250. The van der Waals surface area contributed by atoms with Crippen LogP contribution in [0.25, 0.3) is 0 Å². The van der Waals surface area contributed by atoms with Crippen LogP contribution in [0.2, 0.25) is 0 Å². The lowest BCUT2D eigenvalue weighted by molar-refractivity contribution is 0.270. The molecule has 2 aromatic rings. The molecular formula is C16H15N3O. The second-order valence-electron chi connectivity index (χ2n) is 4.76. The number of nitrogens with one attached hydrogen (secondary N) is 1. The molecule has 1 atom stereocenters. The number of pyridine rings is 1. The summed E-state index contributed by atoms with van der Waals surface area (Å²) in [6.07, 6.45) is 2.67. The summed E-state index contributed by atoms with van der Waals surface area (Å²) >= 11 is 0. The monoisotopic (exact) mass is 265 g/mol. The minimum Gasteiger partial charge on any atom is -0.493 e. The fourth-order valence-electron chi connectivity index (χ4n) is 2.48. The van der Waals surface area contributed by atoms with Crippen molar-refractivity contribution in [3.63, 3.8) is 0 Å². The maximum atomic E-state index is 9.06. The molecule has 2 heterocycles. The predicted molar refractivity (Wildman–Crippen MR) is 76.7 cm³/mol. The lowest BCUT2D eigenvalue weighted by Crippen LogP contribution is -2.21. The third kappa shape index (κ3) is 2.43. The highest BCUT2D eigenvalue weighted by Gasteiger charge is 2.21. The van der Waals surface area contributed by atoms with E-state index in [0.29, 0.717) is 17.3 Å². The van der Waals surface area contributed by atoms with Crippen LogP contribution in [0, 0.1) is 11.3 Å². The van der Waals surface area contributed by atoms with Crippen molar-refractivity contribution in [1.82, 2.24) is 4.98 Å². The number of aromatic nitrogens is 1. The van der Waals surface area contributed by atoms with Crippen molar-refractivity contribution < 1.29 is 4.74 Å². The predicted octanol–water partition coefficient (Wildman–Crippen LogP) is 2.93. The molecule has 0 fully saturated rings. The van der Waals surface area contributed by atoms with Crippen molar-refractivity contribution in [1.29, 1.82) is 5.26 Å². The molecule has 0 bridgehead atoms. The second kappa shape index (κ2) is 5.62. The first-order valence-electron chi connectivity index (χ1n) is 6.69. The van der Waals surface area contributed by atoms with Crippen LogP contribution in [0.5, 0.6) is 5.75 Å². The van der Waals surface area contributed by atoms with E-state index in [1.165, 1.54) is 5.56 Å². The minimum atomic E-state index is 0.383. The summed E-state index contributed by atoms with van der Waals surface area (Å²) in [6, 6.07) is 13.8. The Bertz CT molecular complexity index is 648. The molecule has 1 N–H and O–H groups in total. The summed E-state index contributed by atoms with van der Waals surface area (Å²) in [7, 11) is 0. The third-order valence-corrected chi connectivity index (χ3v) is 3.53. The largest absolute Gasteiger partial charge is 0.493 e. The zero-order chi connectivity index (χ0) is 13.8. The van der Waals surface area contributed by atoms with Gasteiger partial charge in [0.05, 0.1) is 12.2 Å². The van der Waals surface area contributed by atoms with E-state index in [0.717, 1.165) is 25.3 Å². The number of rotatable bonds is 3. The molecule has 1 aromatic carbocycles. The van der Waals surface area contributed by atoms with Gasteiger partial charge in [-0.15, -0.1) is 0 Å². The number of para-hydroxylation sites is 1. The first-order chi connectivity index (χ1) is 9.88. The molecule has 4 nitrogen and oxygen atoms in total. The van der Waals surface area contributed by atoms with Gasteiger partial charge in [0.2, 0.25) is 0 Å². The lowest BCUT2D eigenvalue weighted by Gasteiger charge is -2.26. The summed E-state index contributed by atoms with van der Waals surface area (Å²) in [5.74, 6) is 2.00. The smallest absolute Gasteiger partial charge is 0.143 e. The normalized spacial score (nSPS) is 16.6. The molecule has 20 heavy (non-hydrogen) atoms. The molecule has 1 unspecified atom stereocenters. The van der Waals surface area contributed by atoms with Crippen LogP contribution < -0.4 is 10.1 Å². The Morgan fingerprint density at radius 2 is 2.20 bits per heavy atom. The lowest BCUT2D eigenvalue weighted by atomic mass is 9.93. The van der Waals surface area contributed by atoms with E-state index in [-0.39, 0.29) is 0 Å². The number of nitriles is 1. The minimum absolute atomic E-state index is 0.383. The quantitative estimate of drug-likeness (QED) is 0.927. The van der Waals surface area contributed by atoms with Crippen molar-refractivity contribution >= 4 is 5.82 Å². The number of hydrogen-bond donors (Lipinski definition) is 1. The van der Waals surface area contributed by atoms with Gasteiger partial charge in [0.25, 0.3) is 0 Å². The fourth-order valence-corrected chi connectivity index (χ4v) is 2.48. The van der Waals surface area contributed by atoms with Crippen molar-refractivity contribution in [3.8, 4) is 11.8 Å². The highest BCUT2D eigenvalue weighted by Crippen LogP contribution is 2.33. The van der Waals surface area contributed by atoms with E-state index in [4.69, 9.17) is 10.00 Å². The number of benzene rings is 1. The first kappa shape index (κ1) is 12.5. The zero-order valence-electron chi connectivity index (χ0n) is 11.0. The number of nitrogens with zero attached hydrogens (tertiary/aromatic N) is 2. The van der Waals surface area contributed by atoms with Gasteiger partial charge in [-0.1, -0.05) is 18.2 Å². The molecule has 4 heteroatoms. The maximum Gasteiger partial charge on any atom is 0.143 e. The Morgan fingerprint density at radius 3 is 3.10 bits per heavy atom. The highest BCUT2D eigenvalue weighted by atomic mass is 16.5. The van der Waals surface area contributed by atoms with E-state index in [1.807, 2.05) is 18.2 Å². The summed E-state index contributed by atoms with van der Waals surface area (Å²) < 4.78 is 5.65. The van der Waals surface area contributed by atoms with Crippen LogP contribution in [0.4, 0.5) is 5.82 Å². The second-order valence-corrected chi connectivity index (χ2v) is 4.76. The van der Waals surface area contributed by atoms with Crippen molar-refractivity contribution in [2.75, 3.05) is 18.5 Å². The van der Waals surface area contributed by atoms with Gasteiger partial charge in [-0.2, -0.15) is 5.26 Å². The molecule has 1 aliphatic heterocycles. The standard InChI is InChI=1S/C16H15N3O/c17-10-12-4-3-8-18-16(12)19-11-13-7-9-20-15-6-2-1-5-14(13)15/h1-6,8,13H,7,9,11H2,(H,18,19). The SMILES string of the molecule is N#Cc1cccnc1NCC1CCOc2ccccc21. The van der Waals surface area contributed by atoms with Crippen molar-refractivity contribution in [2.45, 2.75) is 12.3 Å². The molecule has 1 aliphatic rings. The van der Waals surface area contributed by atoms with E-state index >= 15 is 0 Å². The van der Waals surface area contributed by atoms with Gasteiger partial charge in [-0.25, -0.2) is 4.98 Å². The first-order valence-corrected chi connectivity index (χ1v) is 6.69. The molecule has 3 rings (SSSR count). The zero-order valence-corrected chi connectivity index (χ0v) is 11.0. The Morgan fingerprint density at radius 1 is 1.30 bits per heavy atom. The molecule has 0 aliphatic carbocycles. The van der Waals surface area contributed by atoms with Gasteiger partial charge in [-0.05, 0) is 30.2 Å². The van der Waals surface area contributed by atoms with Gasteiger partial charge in [0.15, 0.2) is 0 Å². The number of anilines is 1. The molecule has 0 saturated heterocycles. The van der Waals surface area contributed by atoms with Crippen LogP contribution >= 0.6 is 0 Å². The summed E-state index contributed by atoms with van der Waals surface area (Å²) in [6.45, 7) is 1.49. The molecule has 100 valence electrons. The molecule has 0 spiro atoms. The van der Waals surface area contributed by atoms with E-state index in [1.54, 1.807) is 18.3 Å². The topological polar surface area (TPSA) is 57.9 Å². The van der Waals surface area contributed by atoms with E-state index in [2.05, 4.69) is 22.4 Å². The number of fused-ring (bicyclic) bond motifs is 1. The molecule has 0 amide bonds. The van der Waals surface area contributed by atoms with Crippen LogP contribution in [0.1, 0.15) is 23.5 Å². The van der Waals surface area contributed by atoms with Crippen LogP contribution in [-0.2, 0) is 0 Å². The van der Waals surface area contributed by atoms with Crippen molar-refractivity contribution in [2.24, 2.45) is 0 Å². The Kier molecular flexibility index (Phi) is 3.51. The molecule has 0 saturated carbocycles. The third-order valence-electron chi connectivity index (χ3n) is 3.53. The Balaban J connectivity index is 1.75. The van der Waals surface area contributed by atoms with Crippen LogP contribution in [-0.4, -0.2) is 18.1 Å². The maximum absolute atomic E-state index is 9.06. The van der Waals surface area contributed by atoms with Crippen molar-refractivity contribution in [3.05, 3.63) is 53.7 Å². The van der Waals surface area contributed by atoms with E-state index < -0.39 is 0 Å². The summed E-state index contributed by atoms with van der Waals surface area (Å²) in [5, 5.41) is 12.3. The number of ether oxygens (including phenoxy) is 1. The van der Waals surface area contributed by atoms with Crippen LogP contribution in [0.15, 0.2) is 42.6 Å². The van der Waals surface area contributed by atoms with Gasteiger partial charge < -0.3 is 10.1 Å². The van der Waals surface area contributed by atoms with Gasteiger partial charge >= 0.3 is 0 Å². The van der Waals surface area contributed by atoms with Gasteiger partial charge in [0, 0.05) is 18.7 Å². The Labute approximate surface area is 118 Å². The molecular weight excluding hydrogens is 250 g/mol. The van der Waals surface area contributed by atoms with Crippen LogP contribution in [0.3, 0.4) is 0 Å². The van der Waals surface area contributed by atoms with Gasteiger partial charge in [0.1, 0.15) is 17.6 Å².